The van der Waals surface area contributed by atoms with Crippen molar-refractivity contribution in [3.63, 3.8) is 0 Å². The van der Waals surface area contributed by atoms with Gasteiger partial charge in [-0.3, -0.25) is 14.6 Å². The monoisotopic (exact) mass is 341 g/mol. The maximum absolute atomic E-state index is 11.9. The number of nitrogen functional groups attached to an aromatic ring is 1. The zero-order chi connectivity index (χ0) is 17.7. The second-order valence-electron chi connectivity index (χ2n) is 5.50. The minimum absolute atomic E-state index is 0.0109. The molecule has 0 radical (unpaired) electrons. The standard InChI is InChI=1S/C14H23N5O5/c1-8(2)24-6-10(23-5-4-22-9(3)20)19-7-16-11-12(19)17-14(15)18-13(11)21/h8,10,16H,4-7H2,1-3H3,(H3,15,17,18,21). The first-order valence-corrected chi connectivity index (χ1v) is 7.65. The summed E-state index contributed by atoms with van der Waals surface area (Å²) >= 11 is 0. The maximum Gasteiger partial charge on any atom is 0.302 e. The van der Waals surface area contributed by atoms with Crippen molar-refractivity contribution in [2.75, 3.05) is 42.4 Å². The van der Waals surface area contributed by atoms with Crippen molar-refractivity contribution in [3.8, 4) is 0 Å². The van der Waals surface area contributed by atoms with E-state index in [4.69, 9.17) is 19.9 Å². The number of rotatable bonds is 8. The van der Waals surface area contributed by atoms with Crippen LogP contribution in [0.1, 0.15) is 20.8 Å². The van der Waals surface area contributed by atoms with E-state index in [1.54, 1.807) is 4.90 Å². The van der Waals surface area contributed by atoms with Gasteiger partial charge in [0.1, 0.15) is 12.3 Å². The third-order valence-corrected chi connectivity index (χ3v) is 3.24. The number of aromatic nitrogens is 2. The highest BCUT2D eigenvalue weighted by Crippen LogP contribution is 2.28. The predicted molar refractivity (Wildman–Crippen MR) is 87.7 cm³/mol. The summed E-state index contributed by atoms with van der Waals surface area (Å²) in [6.45, 7) is 6.06. The number of nitrogens with one attached hydrogen (secondary N) is 2. The number of aromatic amines is 1. The normalized spacial score (nSPS) is 14.4. The maximum atomic E-state index is 11.9. The highest BCUT2D eigenvalue weighted by Gasteiger charge is 2.30. The van der Waals surface area contributed by atoms with Crippen molar-refractivity contribution in [1.29, 1.82) is 0 Å². The van der Waals surface area contributed by atoms with E-state index in [2.05, 4.69) is 15.3 Å². The van der Waals surface area contributed by atoms with Gasteiger partial charge in [-0.1, -0.05) is 0 Å². The fraction of sp³-hybridized carbons (Fsp3) is 0.643. The van der Waals surface area contributed by atoms with Gasteiger partial charge in [0.25, 0.3) is 5.56 Å². The quantitative estimate of drug-likeness (QED) is 0.437. The molecule has 134 valence electrons. The van der Waals surface area contributed by atoms with Gasteiger partial charge < -0.3 is 30.2 Å². The van der Waals surface area contributed by atoms with E-state index < -0.39 is 6.23 Å². The first kappa shape index (κ1) is 18.0. The average molecular weight is 341 g/mol. The van der Waals surface area contributed by atoms with Crippen molar-refractivity contribution in [3.05, 3.63) is 10.4 Å². The molecule has 0 saturated heterocycles. The molecule has 24 heavy (non-hydrogen) atoms. The van der Waals surface area contributed by atoms with Gasteiger partial charge in [0, 0.05) is 6.92 Å². The Morgan fingerprint density at radius 2 is 2.12 bits per heavy atom. The summed E-state index contributed by atoms with van der Waals surface area (Å²) < 4.78 is 16.2. The second kappa shape index (κ2) is 7.97. The molecule has 2 rings (SSSR count). The Morgan fingerprint density at radius 1 is 1.38 bits per heavy atom. The minimum atomic E-state index is -0.509. The van der Waals surface area contributed by atoms with Crippen LogP contribution in [0.15, 0.2) is 4.79 Å². The molecule has 1 aliphatic heterocycles. The molecule has 0 aromatic carbocycles. The zero-order valence-electron chi connectivity index (χ0n) is 14.0. The van der Waals surface area contributed by atoms with Crippen molar-refractivity contribution >= 4 is 23.4 Å². The molecule has 1 aromatic rings. The lowest BCUT2D eigenvalue weighted by atomic mass is 10.4. The van der Waals surface area contributed by atoms with Crippen LogP contribution in [-0.2, 0) is 19.0 Å². The number of hydrogen-bond acceptors (Lipinski definition) is 9. The molecule has 10 heteroatoms. The molecule has 0 saturated carbocycles. The molecule has 0 spiro atoms. The number of esters is 1. The number of ether oxygens (including phenoxy) is 3. The number of nitrogens with two attached hydrogens (primary N) is 1. The summed E-state index contributed by atoms with van der Waals surface area (Å²) in [6, 6.07) is 0. The van der Waals surface area contributed by atoms with Crippen LogP contribution in [0.25, 0.3) is 0 Å². The summed E-state index contributed by atoms with van der Waals surface area (Å²) in [6.07, 6.45) is -0.498. The first-order valence-electron chi connectivity index (χ1n) is 7.65. The number of carbonyl (C=O) groups excluding carboxylic acids is 1. The van der Waals surface area contributed by atoms with Gasteiger partial charge in [-0.2, -0.15) is 4.98 Å². The van der Waals surface area contributed by atoms with E-state index in [-0.39, 0.29) is 43.4 Å². The van der Waals surface area contributed by atoms with Gasteiger partial charge in [-0.05, 0) is 13.8 Å². The smallest absolute Gasteiger partial charge is 0.302 e. The van der Waals surface area contributed by atoms with Gasteiger partial charge >= 0.3 is 5.97 Å². The van der Waals surface area contributed by atoms with E-state index in [0.29, 0.717) is 18.2 Å². The lowest BCUT2D eigenvalue weighted by Gasteiger charge is -2.29. The topological polar surface area (TPSA) is 132 Å². The summed E-state index contributed by atoms with van der Waals surface area (Å²) in [4.78, 5) is 31.1. The van der Waals surface area contributed by atoms with E-state index in [0.717, 1.165) is 0 Å². The van der Waals surface area contributed by atoms with Crippen LogP contribution in [0.4, 0.5) is 17.5 Å². The number of fused-ring (bicyclic) bond motifs is 1. The predicted octanol–water partition coefficient (Wildman–Crippen LogP) is -0.128. The fourth-order valence-electron chi connectivity index (χ4n) is 2.20. The summed E-state index contributed by atoms with van der Waals surface area (Å²) in [7, 11) is 0. The van der Waals surface area contributed by atoms with E-state index >= 15 is 0 Å². The van der Waals surface area contributed by atoms with E-state index in [1.807, 2.05) is 13.8 Å². The van der Waals surface area contributed by atoms with Crippen molar-refractivity contribution in [2.45, 2.75) is 33.1 Å². The van der Waals surface area contributed by atoms with Crippen molar-refractivity contribution in [2.24, 2.45) is 0 Å². The summed E-state index contributed by atoms with van der Waals surface area (Å²) in [5.74, 6) is 0.0553. The second-order valence-corrected chi connectivity index (χ2v) is 5.50. The van der Waals surface area contributed by atoms with Crippen LogP contribution in [0.3, 0.4) is 0 Å². The van der Waals surface area contributed by atoms with Gasteiger partial charge in [-0.25, -0.2) is 0 Å². The molecule has 4 N–H and O–H groups in total. The third-order valence-electron chi connectivity index (χ3n) is 3.24. The van der Waals surface area contributed by atoms with Gasteiger partial charge in [0.2, 0.25) is 5.95 Å². The van der Waals surface area contributed by atoms with Gasteiger partial charge in [0.05, 0.1) is 26.0 Å². The van der Waals surface area contributed by atoms with E-state index in [1.165, 1.54) is 6.92 Å². The van der Waals surface area contributed by atoms with Crippen LogP contribution < -0.4 is 21.5 Å². The Kier molecular flexibility index (Phi) is 5.99. The van der Waals surface area contributed by atoms with Crippen molar-refractivity contribution in [1.82, 2.24) is 9.97 Å². The number of anilines is 3. The Bertz CT molecular complexity index is 632. The number of H-pyrrole nitrogens is 1. The fourth-order valence-corrected chi connectivity index (χ4v) is 2.20. The van der Waals surface area contributed by atoms with Crippen LogP contribution in [0, 0.1) is 0 Å². The molecule has 1 atom stereocenters. The molecule has 0 bridgehead atoms. The van der Waals surface area contributed by atoms with Gasteiger partial charge in [-0.15, -0.1) is 0 Å². The Balaban J connectivity index is 2.10. The van der Waals surface area contributed by atoms with E-state index in [9.17, 15) is 9.59 Å². The third kappa shape index (κ3) is 4.59. The molecule has 0 aliphatic carbocycles. The minimum Gasteiger partial charge on any atom is -0.463 e. The van der Waals surface area contributed by atoms with Crippen LogP contribution >= 0.6 is 0 Å². The molecule has 0 amide bonds. The lowest BCUT2D eigenvalue weighted by molar-refractivity contribution is -0.143. The lowest BCUT2D eigenvalue weighted by Crippen LogP contribution is -2.42. The molecule has 1 aromatic heterocycles. The average Bonchev–Trinajstić information content (AvgIpc) is 2.90. The first-order chi connectivity index (χ1) is 11.4. The highest BCUT2D eigenvalue weighted by atomic mass is 16.6. The molecule has 1 aliphatic rings. The molecule has 1 unspecified atom stereocenters. The van der Waals surface area contributed by atoms with Gasteiger partial charge in [0.15, 0.2) is 12.0 Å². The Hall–Kier alpha value is -2.33. The number of hydrogen-bond donors (Lipinski definition) is 3. The molecular weight excluding hydrogens is 318 g/mol. The largest absolute Gasteiger partial charge is 0.463 e. The zero-order valence-corrected chi connectivity index (χ0v) is 14.0. The van der Waals surface area contributed by atoms with Crippen LogP contribution in [0.2, 0.25) is 0 Å². The molecule has 2 heterocycles. The summed E-state index contributed by atoms with van der Waals surface area (Å²) in [5.41, 5.74) is 5.61. The van der Waals surface area contributed by atoms with Crippen molar-refractivity contribution < 1.29 is 19.0 Å². The SMILES string of the molecule is CC(=O)OCCOC(COC(C)C)N1CNc2c1nc(N)[nH]c2=O. The molecular formula is C14H23N5O5. The Morgan fingerprint density at radius 3 is 2.79 bits per heavy atom. The number of nitrogens with zero attached hydrogens (tertiary/aromatic N) is 2. The molecule has 10 nitrogen and oxygen atoms in total. The summed E-state index contributed by atoms with van der Waals surface area (Å²) in [5, 5.41) is 2.97. The number of carbonyl (C=O) groups is 1. The van der Waals surface area contributed by atoms with Crippen LogP contribution in [-0.4, -0.2) is 54.8 Å². The van der Waals surface area contributed by atoms with Crippen LogP contribution in [0.5, 0.6) is 0 Å². The molecule has 0 fully saturated rings. The Labute approximate surface area is 139 Å². The highest BCUT2D eigenvalue weighted by molar-refractivity contribution is 5.71.